The van der Waals surface area contributed by atoms with E-state index in [4.69, 9.17) is 9.47 Å². The second-order valence-electron chi connectivity index (χ2n) is 8.91. The number of esters is 1. The van der Waals surface area contributed by atoms with Crippen LogP contribution < -0.4 is 5.32 Å². The molecule has 4 heteroatoms. The van der Waals surface area contributed by atoms with Gasteiger partial charge in [0.2, 0.25) is 0 Å². The first-order valence-corrected chi connectivity index (χ1v) is 10.5. The van der Waals surface area contributed by atoms with E-state index in [1.54, 1.807) is 0 Å². The maximum Gasteiger partial charge on any atom is 0.315 e. The van der Waals surface area contributed by atoms with E-state index in [1.165, 1.54) is 11.1 Å². The Morgan fingerprint density at radius 1 is 1.14 bits per heavy atom. The van der Waals surface area contributed by atoms with Crippen molar-refractivity contribution in [3.63, 3.8) is 0 Å². The summed E-state index contributed by atoms with van der Waals surface area (Å²) in [5.74, 6) is -0.150. The van der Waals surface area contributed by atoms with Gasteiger partial charge in [-0.2, -0.15) is 0 Å². The van der Waals surface area contributed by atoms with Gasteiger partial charge in [-0.3, -0.25) is 4.79 Å². The van der Waals surface area contributed by atoms with Crippen LogP contribution >= 0.6 is 0 Å². The van der Waals surface area contributed by atoms with Crippen molar-refractivity contribution in [2.75, 3.05) is 11.9 Å². The summed E-state index contributed by atoms with van der Waals surface area (Å²) in [5.41, 5.74) is 3.41. The van der Waals surface area contributed by atoms with Crippen LogP contribution in [0.4, 0.5) is 5.69 Å². The Balaban J connectivity index is 1.83. The predicted octanol–water partition coefficient (Wildman–Crippen LogP) is 5.81. The molecule has 2 aromatic rings. The van der Waals surface area contributed by atoms with E-state index >= 15 is 0 Å². The first kappa shape index (κ1) is 21.4. The molecular formula is C25H33NO3. The number of rotatable bonds is 8. The Morgan fingerprint density at radius 2 is 1.83 bits per heavy atom. The number of hydrogen-bond acceptors (Lipinski definition) is 4. The second kappa shape index (κ2) is 8.58. The van der Waals surface area contributed by atoms with Crippen LogP contribution in [0.3, 0.4) is 0 Å². The molecule has 2 aromatic carbocycles. The van der Waals surface area contributed by atoms with Crippen LogP contribution in [-0.2, 0) is 20.8 Å². The molecule has 0 radical (unpaired) electrons. The van der Waals surface area contributed by atoms with E-state index in [0.29, 0.717) is 6.61 Å². The third-order valence-electron chi connectivity index (χ3n) is 5.32. The number of carbonyl (C=O) groups is 1. The largest absolute Gasteiger partial charge is 0.459 e. The summed E-state index contributed by atoms with van der Waals surface area (Å²) in [5, 5.41) is 3.53. The lowest BCUT2D eigenvalue weighted by Gasteiger charge is -2.30. The fourth-order valence-electron chi connectivity index (χ4n) is 3.62. The summed E-state index contributed by atoms with van der Waals surface area (Å²) in [6.07, 6.45) is 1.31. The van der Waals surface area contributed by atoms with E-state index < -0.39 is 11.0 Å². The van der Waals surface area contributed by atoms with Crippen molar-refractivity contribution in [2.45, 2.75) is 65.7 Å². The summed E-state index contributed by atoms with van der Waals surface area (Å²) in [6, 6.07) is 16.6. The van der Waals surface area contributed by atoms with Crippen LogP contribution in [0.15, 0.2) is 48.5 Å². The van der Waals surface area contributed by atoms with Gasteiger partial charge < -0.3 is 14.8 Å². The molecule has 1 unspecified atom stereocenters. The predicted molar refractivity (Wildman–Crippen MR) is 117 cm³/mol. The molecule has 1 aliphatic carbocycles. The molecule has 0 aliphatic heterocycles. The Kier molecular flexibility index (Phi) is 6.33. The zero-order valence-electron chi connectivity index (χ0n) is 18.2. The highest BCUT2D eigenvalue weighted by atomic mass is 16.6. The maximum atomic E-state index is 13.0. The standard InChI is InChI=1S/C25H33NO3/c1-6-28-22(25(14-15-25)23(27)29-24(3,4)5)20-13-12-18(2)21(16-20)26-17-19-10-8-7-9-11-19/h7-13,16,22,26H,6,14-15,17H2,1-5H3. The normalized spacial score (nSPS) is 16.2. The van der Waals surface area contributed by atoms with Crippen molar-refractivity contribution < 1.29 is 14.3 Å². The van der Waals surface area contributed by atoms with E-state index in [9.17, 15) is 4.79 Å². The summed E-state index contributed by atoms with van der Waals surface area (Å²) < 4.78 is 11.9. The van der Waals surface area contributed by atoms with Gasteiger partial charge in [0.05, 0.1) is 11.5 Å². The molecule has 156 valence electrons. The number of aryl methyl sites for hydroxylation is 1. The highest BCUT2D eigenvalue weighted by Gasteiger charge is 2.59. The molecule has 1 N–H and O–H groups in total. The van der Waals surface area contributed by atoms with Crippen molar-refractivity contribution >= 4 is 11.7 Å². The Bertz CT molecular complexity index is 835. The van der Waals surface area contributed by atoms with E-state index in [2.05, 4.69) is 42.6 Å². The number of nitrogens with one attached hydrogen (secondary N) is 1. The molecule has 1 fully saturated rings. The van der Waals surface area contributed by atoms with Crippen LogP contribution in [0.2, 0.25) is 0 Å². The van der Waals surface area contributed by atoms with Gasteiger partial charge in [0.15, 0.2) is 0 Å². The van der Waals surface area contributed by atoms with Gasteiger partial charge in [-0.1, -0.05) is 42.5 Å². The zero-order valence-corrected chi connectivity index (χ0v) is 18.2. The Morgan fingerprint density at radius 3 is 2.41 bits per heavy atom. The molecule has 0 bridgehead atoms. The van der Waals surface area contributed by atoms with Gasteiger partial charge in [0.1, 0.15) is 5.60 Å². The van der Waals surface area contributed by atoms with Crippen molar-refractivity contribution in [1.29, 1.82) is 0 Å². The summed E-state index contributed by atoms with van der Waals surface area (Å²) in [7, 11) is 0. The van der Waals surface area contributed by atoms with E-state index in [-0.39, 0.29) is 12.1 Å². The third kappa shape index (κ3) is 5.18. The van der Waals surface area contributed by atoms with E-state index in [1.807, 2.05) is 45.9 Å². The van der Waals surface area contributed by atoms with Crippen LogP contribution in [0.25, 0.3) is 0 Å². The SMILES string of the molecule is CCOC(c1ccc(C)c(NCc2ccccc2)c1)C1(C(=O)OC(C)(C)C)CC1. The molecular weight excluding hydrogens is 362 g/mol. The highest BCUT2D eigenvalue weighted by Crippen LogP contribution is 2.58. The Hall–Kier alpha value is -2.33. The number of anilines is 1. The van der Waals surface area contributed by atoms with Crippen molar-refractivity contribution in [1.82, 2.24) is 0 Å². The van der Waals surface area contributed by atoms with Gasteiger partial charge in [0.25, 0.3) is 0 Å². The van der Waals surface area contributed by atoms with Gasteiger partial charge in [0, 0.05) is 18.8 Å². The smallest absolute Gasteiger partial charge is 0.315 e. The van der Waals surface area contributed by atoms with Crippen molar-refractivity contribution in [3.05, 3.63) is 65.2 Å². The topological polar surface area (TPSA) is 47.6 Å². The van der Waals surface area contributed by atoms with Gasteiger partial charge in [-0.05, 0) is 70.2 Å². The highest BCUT2D eigenvalue weighted by molar-refractivity contribution is 5.81. The van der Waals surface area contributed by atoms with Crippen LogP contribution in [0.5, 0.6) is 0 Å². The van der Waals surface area contributed by atoms with Crippen LogP contribution in [0, 0.1) is 12.3 Å². The Labute approximate surface area is 174 Å². The summed E-state index contributed by atoms with van der Waals surface area (Å²) in [4.78, 5) is 13.0. The maximum absolute atomic E-state index is 13.0. The minimum Gasteiger partial charge on any atom is -0.459 e. The molecule has 1 saturated carbocycles. The lowest BCUT2D eigenvalue weighted by molar-refractivity contribution is -0.168. The van der Waals surface area contributed by atoms with Gasteiger partial charge in [-0.25, -0.2) is 0 Å². The first-order valence-electron chi connectivity index (χ1n) is 10.5. The minimum absolute atomic E-state index is 0.150. The third-order valence-corrected chi connectivity index (χ3v) is 5.32. The number of hydrogen-bond donors (Lipinski definition) is 1. The number of benzene rings is 2. The molecule has 0 amide bonds. The average molecular weight is 396 g/mol. The lowest BCUT2D eigenvalue weighted by Crippen LogP contribution is -2.34. The second-order valence-corrected chi connectivity index (χ2v) is 8.91. The van der Waals surface area contributed by atoms with Crippen LogP contribution in [0.1, 0.15) is 63.3 Å². The molecule has 0 spiro atoms. The molecule has 3 rings (SSSR count). The number of carbonyl (C=O) groups excluding carboxylic acids is 1. The molecule has 1 aliphatic rings. The molecule has 1 atom stereocenters. The van der Waals surface area contributed by atoms with Crippen molar-refractivity contribution in [3.8, 4) is 0 Å². The molecule has 4 nitrogen and oxygen atoms in total. The molecule has 0 heterocycles. The molecule has 0 saturated heterocycles. The first-order chi connectivity index (χ1) is 13.7. The summed E-state index contributed by atoms with van der Waals surface area (Å²) >= 11 is 0. The fraction of sp³-hybridized carbons (Fsp3) is 0.480. The van der Waals surface area contributed by atoms with Crippen LogP contribution in [-0.4, -0.2) is 18.2 Å². The fourth-order valence-corrected chi connectivity index (χ4v) is 3.62. The minimum atomic E-state index is -0.574. The van der Waals surface area contributed by atoms with Crippen molar-refractivity contribution in [2.24, 2.45) is 5.41 Å². The lowest BCUT2D eigenvalue weighted by atomic mass is 9.91. The zero-order chi connectivity index (χ0) is 21.1. The quantitative estimate of drug-likeness (QED) is 0.573. The summed E-state index contributed by atoms with van der Waals surface area (Å²) in [6.45, 7) is 11.1. The van der Waals surface area contributed by atoms with Gasteiger partial charge in [-0.15, -0.1) is 0 Å². The molecule has 29 heavy (non-hydrogen) atoms. The monoisotopic (exact) mass is 395 g/mol. The average Bonchev–Trinajstić information content (AvgIpc) is 3.47. The molecule has 0 aromatic heterocycles. The van der Waals surface area contributed by atoms with Gasteiger partial charge >= 0.3 is 5.97 Å². The number of ether oxygens (including phenoxy) is 2. The van der Waals surface area contributed by atoms with E-state index in [0.717, 1.165) is 30.6 Å².